The van der Waals surface area contributed by atoms with Gasteiger partial charge in [-0.05, 0) is 28.9 Å². The van der Waals surface area contributed by atoms with E-state index in [9.17, 15) is 0 Å². The summed E-state index contributed by atoms with van der Waals surface area (Å²) in [5.41, 5.74) is 1.05. The topological polar surface area (TPSA) is 3.24 Å². The van der Waals surface area contributed by atoms with Gasteiger partial charge in [0.1, 0.15) is 0 Å². The van der Waals surface area contributed by atoms with Gasteiger partial charge in [-0.1, -0.05) is 26.0 Å². The lowest BCUT2D eigenvalue weighted by molar-refractivity contribution is 0.553. The average Bonchev–Trinajstić information content (AvgIpc) is 1.90. The lowest BCUT2D eigenvalue weighted by atomic mass is 10.3. The van der Waals surface area contributed by atoms with E-state index < -0.39 is 0 Å². The van der Waals surface area contributed by atoms with Crippen molar-refractivity contribution in [1.82, 2.24) is 4.90 Å². The van der Waals surface area contributed by atoms with Crippen LogP contribution in [0, 0.1) is 0 Å². The van der Waals surface area contributed by atoms with Crippen LogP contribution in [-0.4, -0.2) is 19.0 Å². The zero-order valence-electron chi connectivity index (χ0n) is 8.11. The van der Waals surface area contributed by atoms with E-state index in [0.29, 0.717) is 0 Å². The van der Waals surface area contributed by atoms with E-state index in [-0.39, 0.29) is 0 Å². The molecule has 11 heavy (non-hydrogen) atoms. The zero-order valence-corrected chi connectivity index (χ0v) is 9.70. The molecule has 0 amide bonds. The van der Waals surface area contributed by atoms with E-state index in [1.54, 1.807) is 0 Å². The number of rotatable bonds is 2. The van der Waals surface area contributed by atoms with E-state index in [4.69, 9.17) is 0 Å². The molecule has 2 heteroatoms. The van der Waals surface area contributed by atoms with Gasteiger partial charge in [0.2, 0.25) is 0 Å². The summed E-state index contributed by atoms with van der Waals surface area (Å²) in [5, 5.41) is 0. The molecule has 0 heterocycles. The first-order valence-corrected chi connectivity index (χ1v) is 4.53. The molecule has 0 aromatic rings. The zero-order chi connectivity index (χ0) is 9.44. The highest BCUT2D eigenvalue weighted by Gasteiger charge is 1.90. The Morgan fingerprint density at radius 1 is 1.36 bits per heavy atom. The summed E-state index contributed by atoms with van der Waals surface area (Å²) in [6.45, 7) is 9.71. The normalized spacial score (nSPS) is 9.82. The summed E-state index contributed by atoms with van der Waals surface area (Å²) >= 11 is 3.37. The van der Waals surface area contributed by atoms with E-state index in [1.165, 1.54) is 0 Å². The third-order valence-corrected chi connectivity index (χ3v) is 1.73. The van der Waals surface area contributed by atoms with E-state index in [0.717, 1.165) is 10.2 Å². The van der Waals surface area contributed by atoms with Gasteiger partial charge in [-0.3, -0.25) is 0 Å². The van der Waals surface area contributed by atoms with Gasteiger partial charge < -0.3 is 4.90 Å². The Labute approximate surface area is 78.9 Å². The summed E-state index contributed by atoms with van der Waals surface area (Å²) < 4.78 is 1.05. The van der Waals surface area contributed by atoms with Crippen molar-refractivity contribution in [3.8, 4) is 0 Å². The fourth-order valence-electron chi connectivity index (χ4n) is 0.332. The summed E-state index contributed by atoms with van der Waals surface area (Å²) in [6.07, 6.45) is 1.97. The number of nitrogens with zero attached hydrogens (tertiary/aromatic N) is 1. The Kier molecular flexibility index (Phi) is 9.55. The SMILES string of the molecule is C=C(C)/C=C(/Br)N(C)C.CC. The number of halogens is 1. The Hall–Kier alpha value is -0.240. The molecule has 1 nitrogen and oxygen atoms in total. The highest BCUT2D eigenvalue weighted by molar-refractivity contribution is 9.11. The van der Waals surface area contributed by atoms with Gasteiger partial charge in [0.05, 0.1) is 4.61 Å². The highest BCUT2D eigenvalue weighted by Crippen LogP contribution is 2.09. The Morgan fingerprint density at radius 3 is 1.82 bits per heavy atom. The maximum Gasteiger partial charge on any atom is 0.0803 e. The van der Waals surface area contributed by atoms with Crippen molar-refractivity contribution < 1.29 is 0 Å². The maximum absolute atomic E-state index is 3.74. The van der Waals surface area contributed by atoms with Crippen molar-refractivity contribution in [1.29, 1.82) is 0 Å². The van der Waals surface area contributed by atoms with Gasteiger partial charge in [-0.2, -0.15) is 0 Å². The van der Waals surface area contributed by atoms with Crippen LogP contribution in [0.25, 0.3) is 0 Å². The minimum atomic E-state index is 1.05. The minimum Gasteiger partial charge on any atom is -0.372 e. The maximum atomic E-state index is 3.74. The van der Waals surface area contributed by atoms with Crippen molar-refractivity contribution in [2.24, 2.45) is 0 Å². The third kappa shape index (κ3) is 9.76. The lowest BCUT2D eigenvalue weighted by Gasteiger charge is -2.09. The molecular weight excluding hydrogens is 202 g/mol. The lowest BCUT2D eigenvalue weighted by Crippen LogP contribution is -2.05. The molecular formula is C9H18BrN. The van der Waals surface area contributed by atoms with Crippen molar-refractivity contribution >= 4 is 15.9 Å². The van der Waals surface area contributed by atoms with Gasteiger partial charge in [0.15, 0.2) is 0 Å². The number of hydrogen-bond donors (Lipinski definition) is 0. The van der Waals surface area contributed by atoms with Crippen LogP contribution in [0.2, 0.25) is 0 Å². The summed E-state index contributed by atoms with van der Waals surface area (Å²) in [7, 11) is 3.95. The highest BCUT2D eigenvalue weighted by atomic mass is 79.9. The first-order chi connectivity index (χ1) is 5.04. The second-order valence-electron chi connectivity index (χ2n) is 2.21. The molecule has 0 saturated carbocycles. The Balaban J connectivity index is 0. The van der Waals surface area contributed by atoms with Crippen molar-refractivity contribution in [3.05, 3.63) is 22.8 Å². The molecule has 0 aliphatic rings. The smallest absolute Gasteiger partial charge is 0.0803 e. The molecule has 0 N–H and O–H groups in total. The van der Waals surface area contributed by atoms with Crippen LogP contribution in [-0.2, 0) is 0 Å². The van der Waals surface area contributed by atoms with Crippen LogP contribution in [0.5, 0.6) is 0 Å². The van der Waals surface area contributed by atoms with E-state index in [1.807, 2.05) is 45.8 Å². The first kappa shape index (κ1) is 13.4. The van der Waals surface area contributed by atoms with Crippen LogP contribution in [0.4, 0.5) is 0 Å². The van der Waals surface area contributed by atoms with Gasteiger partial charge >= 0.3 is 0 Å². The molecule has 0 rings (SSSR count). The molecule has 0 aromatic carbocycles. The Morgan fingerprint density at radius 2 is 1.73 bits per heavy atom. The predicted octanol–water partition coefficient (Wildman–Crippen LogP) is 3.39. The minimum absolute atomic E-state index is 1.05. The van der Waals surface area contributed by atoms with Gasteiger partial charge in [-0.15, -0.1) is 0 Å². The molecule has 0 fully saturated rings. The van der Waals surface area contributed by atoms with Crippen molar-refractivity contribution in [2.75, 3.05) is 14.1 Å². The first-order valence-electron chi connectivity index (χ1n) is 3.74. The standard InChI is InChI=1S/C7H12BrN.C2H6/c1-6(2)5-7(8)9(3)4;1-2/h5H,1H2,2-4H3;1-2H3/b7-5-;. The van der Waals surface area contributed by atoms with Crippen LogP contribution in [0.3, 0.4) is 0 Å². The molecule has 66 valence electrons. The fraction of sp³-hybridized carbons (Fsp3) is 0.556. The third-order valence-electron chi connectivity index (χ3n) is 0.793. The molecule has 0 aliphatic heterocycles. The van der Waals surface area contributed by atoms with E-state index in [2.05, 4.69) is 22.5 Å². The molecule has 0 saturated heterocycles. The fourth-order valence-corrected chi connectivity index (χ4v) is 0.723. The molecule has 0 aliphatic carbocycles. The van der Waals surface area contributed by atoms with Crippen LogP contribution >= 0.6 is 15.9 Å². The average molecular weight is 220 g/mol. The second-order valence-corrected chi connectivity index (χ2v) is 3.02. The van der Waals surface area contributed by atoms with Crippen LogP contribution < -0.4 is 0 Å². The second kappa shape index (κ2) is 7.86. The quantitative estimate of drug-likeness (QED) is 0.509. The molecule has 0 bridgehead atoms. The summed E-state index contributed by atoms with van der Waals surface area (Å²) in [6, 6.07) is 0. The van der Waals surface area contributed by atoms with Crippen LogP contribution in [0.15, 0.2) is 22.8 Å². The molecule has 0 spiro atoms. The van der Waals surface area contributed by atoms with E-state index >= 15 is 0 Å². The number of allylic oxidation sites excluding steroid dienone is 2. The van der Waals surface area contributed by atoms with Crippen LogP contribution in [0.1, 0.15) is 20.8 Å². The Bertz CT molecular complexity index is 136. The molecule has 0 atom stereocenters. The van der Waals surface area contributed by atoms with Gasteiger partial charge in [0, 0.05) is 14.1 Å². The van der Waals surface area contributed by atoms with Crippen molar-refractivity contribution in [2.45, 2.75) is 20.8 Å². The summed E-state index contributed by atoms with van der Waals surface area (Å²) in [5.74, 6) is 0. The molecule has 0 radical (unpaired) electrons. The van der Waals surface area contributed by atoms with Crippen molar-refractivity contribution in [3.63, 3.8) is 0 Å². The van der Waals surface area contributed by atoms with Gasteiger partial charge in [-0.25, -0.2) is 0 Å². The monoisotopic (exact) mass is 219 g/mol. The number of hydrogen-bond acceptors (Lipinski definition) is 1. The summed E-state index contributed by atoms with van der Waals surface area (Å²) in [4.78, 5) is 1.98. The largest absolute Gasteiger partial charge is 0.372 e. The molecule has 0 unspecified atom stereocenters. The predicted molar refractivity (Wildman–Crippen MR) is 56.9 cm³/mol. The molecule has 0 aromatic heterocycles. The van der Waals surface area contributed by atoms with Gasteiger partial charge in [0.25, 0.3) is 0 Å².